The minimum absolute atomic E-state index is 0.137. The number of rotatable bonds is 3. The molecule has 1 aliphatic heterocycles. The van der Waals surface area contributed by atoms with Gasteiger partial charge in [0, 0.05) is 11.5 Å². The lowest BCUT2D eigenvalue weighted by atomic mass is 10.1. The van der Waals surface area contributed by atoms with E-state index in [9.17, 15) is 5.26 Å². The van der Waals surface area contributed by atoms with E-state index in [1.807, 2.05) is 31.4 Å². The molecule has 6 heteroatoms. The van der Waals surface area contributed by atoms with Crippen LogP contribution in [0.1, 0.15) is 5.56 Å². The lowest BCUT2D eigenvalue weighted by Crippen LogP contribution is -2.54. The molecule has 0 amide bonds. The molecule has 2 aromatic rings. The third kappa shape index (κ3) is 2.37. The highest BCUT2D eigenvalue weighted by atomic mass is 79.9. The molecule has 102 valence electrons. The fourth-order valence-corrected chi connectivity index (χ4v) is 2.89. The Hall–Kier alpha value is -2.00. The number of nitriles is 1. The normalized spacial score (nSPS) is 14.8. The van der Waals surface area contributed by atoms with Crippen LogP contribution in [0.25, 0.3) is 0 Å². The number of anilines is 1. The second-order valence-electron chi connectivity index (χ2n) is 4.74. The molecule has 0 saturated carbocycles. The molecular weight excluding hydrogens is 320 g/mol. The van der Waals surface area contributed by atoms with Gasteiger partial charge in [-0.2, -0.15) is 10.4 Å². The average molecular weight is 333 g/mol. The quantitative estimate of drug-likeness (QED) is 0.865. The zero-order chi connectivity index (χ0) is 14.1. The van der Waals surface area contributed by atoms with E-state index in [1.165, 1.54) is 0 Å². The van der Waals surface area contributed by atoms with Gasteiger partial charge in [0.15, 0.2) is 5.75 Å². The Balaban J connectivity index is 1.68. The maximum atomic E-state index is 9.18. The van der Waals surface area contributed by atoms with Crippen molar-refractivity contribution in [2.24, 2.45) is 7.05 Å². The first-order chi connectivity index (χ1) is 9.67. The van der Waals surface area contributed by atoms with Gasteiger partial charge >= 0.3 is 0 Å². The highest BCUT2D eigenvalue weighted by molar-refractivity contribution is 9.10. The molecule has 3 rings (SSSR count). The number of hydrogen-bond donors (Lipinski definition) is 0. The van der Waals surface area contributed by atoms with Crippen LogP contribution in [0.3, 0.4) is 0 Å². The molecule has 5 nitrogen and oxygen atoms in total. The summed E-state index contributed by atoms with van der Waals surface area (Å²) < 4.78 is 8.47. The highest BCUT2D eigenvalue weighted by Gasteiger charge is 2.31. The molecule has 0 unspecified atom stereocenters. The Labute approximate surface area is 125 Å². The maximum Gasteiger partial charge on any atom is 0.157 e. The van der Waals surface area contributed by atoms with Gasteiger partial charge in [0.2, 0.25) is 0 Å². The van der Waals surface area contributed by atoms with Crippen LogP contribution in [-0.4, -0.2) is 29.0 Å². The minimum Gasteiger partial charge on any atom is -0.483 e. The topological polar surface area (TPSA) is 54.1 Å². The number of nitrogens with zero attached hydrogens (tertiary/aromatic N) is 4. The van der Waals surface area contributed by atoms with E-state index in [0.717, 1.165) is 29.0 Å². The van der Waals surface area contributed by atoms with Gasteiger partial charge < -0.3 is 9.64 Å². The molecule has 0 atom stereocenters. The Morgan fingerprint density at radius 2 is 2.25 bits per heavy atom. The van der Waals surface area contributed by atoms with Crippen molar-refractivity contribution in [1.82, 2.24) is 9.78 Å². The summed E-state index contributed by atoms with van der Waals surface area (Å²) >= 11 is 3.51. The minimum atomic E-state index is 0.137. The summed E-state index contributed by atoms with van der Waals surface area (Å²) in [5.74, 6) is 0.782. The van der Waals surface area contributed by atoms with Gasteiger partial charge in [-0.05, 0) is 28.1 Å². The monoisotopic (exact) mass is 332 g/mol. The molecule has 0 spiro atoms. The van der Waals surface area contributed by atoms with Crippen molar-refractivity contribution in [2.45, 2.75) is 6.10 Å². The van der Waals surface area contributed by atoms with Crippen LogP contribution in [0.15, 0.2) is 35.1 Å². The zero-order valence-corrected chi connectivity index (χ0v) is 12.5. The third-order valence-electron chi connectivity index (χ3n) is 3.26. The molecule has 0 radical (unpaired) electrons. The van der Waals surface area contributed by atoms with Crippen LogP contribution in [-0.2, 0) is 7.05 Å². The smallest absolute Gasteiger partial charge is 0.157 e. The first-order valence-electron chi connectivity index (χ1n) is 6.26. The Morgan fingerprint density at radius 1 is 1.45 bits per heavy atom. The molecule has 1 aliphatic rings. The van der Waals surface area contributed by atoms with Gasteiger partial charge in [0.25, 0.3) is 0 Å². The SMILES string of the molecule is Cn1cc(OC2CN(c3c(Br)cccc3C#N)C2)cn1. The van der Waals surface area contributed by atoms with Crippen molar-refractivity contribution in [3.63, 3.8) is 0 Å². The van der Waals surface area contributed by atoms with Gasteiger partial charge in [-0.15, -0.1) is 0 Å². The van der Waals surface area contributed by atoms with Crippen LogP contribution in [0, 0.1) is 11.3 Å². The first-order valence-corrected chi connectivity index (χ1v) is 7.05. The van der Waals surface area contributed by atoms with Crippen molar-refractivity contribution in [3.8, 4) is 11.8 Å². The van der Waals surface area contributed by atoms with Gasteiger partial charge in [-0.25, -0.2) is 0 Å². The fourth-order valence-electron chi connectivity index (χ4n) is 2.27. The number of aromatic nitrogens is 2. The number of halogens is 1. The van der Waals surface area contributed by atoms with E-state index in [-0.39, 0.29) is 6.10 Å². The van der Waals surface area contributed by atoms with Crippen LogP contribution >= 0.6 is 15.9 Å². The largest absolute Gasteiger partial charge is 0.483 e. The predicted molar refractivity (Wildman–Crippen MR) is 78.7 cm³/mol. The third-order valence-corrected chi connectivity index (χ3v) is 3.90. The molecule has 0 N–H and O–H groups in total. The highest BCUT2D eigenvalue weighted by Crippen LogP contribution is 2.33. The Bertz CT molecular complexity index is 670. The van der Waals surface area contributed by atoms with Crippen molar-refractivity contribution in [1.29, 1.82) is 5.26 Å². The Kier molecular flexibility index (Phi) is 3.36. The van der Waals surface area contributed by atoms with Crippen molar-refractivity contribution >= 4 is 21.6 Å². The van der Waals surface area contributed by atoms with Crippen LogP contribution in [0.4, 0.5) is 5.69 Å². The van der Waals surface area contributed by atoms with E-state index < -0.39 is 0 Å². The van der Waals surface area contributed by atoms with E-state index in [4.69, 9.17) is 4.74 Å². The fraction of sp³-hybridized carbons (Fsp3) is 0.286. The number of hydrogen-bond acceptors (Lipinski definition) is 4. The standard InChI is InChI=1S/C14H13BrN4O/c1-18-7-11(6-17-18)20-12-8-19(9-12)14-10(5-16)3-2-4-13(14)15/h2-4,6-7,12H,8-9H2,1H3. The van der Waals surface area contributed by atoms with Crippen LogP contribution < -0.4 is 9.64 Å². The molecule has 1 aromatic heterocycles. The van der Waals surface area contributed by atoms with Gasteiger partial charge in [0.1, 0.15) is 12.2 Å². The summed E-state index contributed by atoms with van der Waals surface area (Å²) in [6.07, 6.45) is 3.70. The number of para-hydroxylation sites is 1. The first kappa shape index (κ1) is 13.0. The number of aryl methyl sites for hydroxylation is 1. The molecule has 1 saturated heterocycles. The lowest BCUT2D eigenvalue weighted by Gasteiger charge is -2.41. The van der Waals surface area contributed by atoms with E-state index in [2.05, 4.69) is 32.0 Å². The molecule has 1 aromatic carbocycles. The van der Waals surface area contributed by atoms with Gasteiger partial charge in [-0.3, -0.25) is 4.68 Å². The summed E-state index contributed by atoms with van der Waals surface area (Å²) in [6.45, 7) is 1.54. The summed E-state index contributed by atoms with van der Waals surface area (Å²) in [6, 6.07) is 7.88. The Morgan fingerprint density at radius 3 is 2.90 bits per heavy atom. The van der Waals surface area contributed by atoms with E-state index >= 15 is 0 Å². The number of ether oxygens (including phenoxy) is 1. The second-order valence-corrected chi connectivity index (χ2v) is 5.60. The van der Waals surface area contributed by atoms with Crippen LogP contribution in [0.5, 0.6) is 5.75 Å². The van der Waals surface area contributed by atoms with Crippen molar-refractivity contribution in [3.05, 3.63) is 40.6 Å². The van der Waals surface area contributed by atoms with E-state index in [1.54, 1.807) is 10.9 Å². The summed E-state index contributed by atoms with van der Waals surface area (Å²) in [5.41, 5.74) is 1.63. The average Bonchev–Trinajstić information content (AvgIpc) is 2.79. The van der Waals surface area contributed by atoms with Crippen LogP contribution in [0.2, 0.25) is 0 Å². The molecule has 1 fully saturated rings. The number of benzene rings is 1. The van der Waals surface area contributed by atoms with Crippen molar-refractivity contribution < 1.29 is 4.74 Å². The van der Waals surface area contributed by atoms with Gasteiger partial charge in [-0.1, -0.05) is 6.07 Å². The molecular formula is C14H13BrN4O. The summed E-state index contributed by atoms with van der Waals surface area (Å²) in [4.78, 5) is 2.14. The summed E-state index contributed by atoms with van der Waals surface area (Å²) in [7, 11) is 1.86. The van der Waals surface area contributed by atoms with E-state index in [0.29, 0.717) is 5.56 Å². The summed E-state index contributed by atoms with van der Waals surface area (Å²) in [5, 5.41) is 13.2. The predicted octanol–water partition coefficient (Wildman–Crippen LogP) is 2.32. The zero-order valence-electron chi connectivity index (χ0n) is 11.0. The lowest BCUT2D eigenvalue weighted by molar-refractivity contribution is 0.167. The van der Waals surface area contributed by atoms with Crippen molar-refractivity contribution in [2.75, 3.05) is 18.0 Å². The second kappa shape index (κ2) is 5.17. The molecule has 0 bridgehead atoms. The molecule has 0 aliphatic carbocycles. The molecule has 20 heavy (non-hydrogen) atoms. The maximum absolute atomic E-state index is 9.18. The van der Waals surface area contributed by atoms with Gasteiger partial charge in [0.05, 0.1) is 36.7 Å². The molecule has 2 heterocycles.